The van der Waals surface area contributed by atoms with E-state index in [1.54, 1.807) is 0 Å². The highest BCUT2D eigenvalue weighted by Crippen LogP contribution is 2.14. The van der Waals surface area contributed by atoms with Crippen molar-refractivity contribution in [2.45, 2.75) is 137 Å². The normalized spacial score (nSPS) is 11.2. The molecule has 0 saturated heterocycles. The van der Waals surface area contributed by atoms with Crippen LogP contribution in [0.1, 0.15) is 136 Å². The van der Waals surface area contributed by atoms with E-state index in [4.69, 9.17) is 5.73 Å². The lowest BCUT2D eigenvalue weighted by atomic mass is 10.0. The van der Waals surface area contributed by atoms with Gasteiger partial charge in [0.2, 0.25) is 5.91 Å². The molecule has 0 aromatic heterocycles. The van der Waals surface area contributed by atoms with Crippen molar-refractivity contribution in [1.82, 2.24) is 0 Å². The Labute approximate surface area is 213 Å². The van der Waals surface area contributed by atoms with Crippen LogP contribution < -0.4 is 5.73 Å². The van der Waals surface area contributed by atoms with Crippen LogP contribution in [0.5, 0.6) is 0 Å². The van der Waals surface area contributed by atoms with Crippen molar-refractivity contribution in [3.63, 3.8) is 0 Å². The predicted octanol–water partition coefficient (Wildman–Crippen LogP) is 8.80. The van der Waals surface area contributed by atoms with Crippen LogP contribution in [0.4, 0.5) is 0 Å². The molecule has 1 aromatic rings. The van der Waals surface area contributed by atoms with Crippen molar-refractivity contribution in [1.29, 1.82) is 0 Å². The van der Waals surface area contributed by atoms with Gasteiger partial charge in [0.1, 0.15) is 6.54 Å². The van der Waals surface area contributed by atoms with Crippen molar-refractivity contribution in [2.75, 3.05) is 19.6 Å². The average Bonchev–Trinajstić information content (AvgIpc) is 2.86. The fourth-order valence-electron chi connectivity index (χ4n) is 4.65. The van der Waals surface area contributed by atoms with Crippen molar-refractivity contribution in [3.05, 3.63) is 35.9 Å². The molecule has 0 aliphatic carbocycles. The Hall–Kier alpha value is -1.35. The Morgan fingerprint density at radius 3 is 1.35 bits per heavy atom. The Kier molecular flexibility index (Phi) is 22.5. The Balaban J connectivity index is 0.000000679. The van der Waals surface area contributed by atoms with Crippen LogP contribution in [0.15, 0.2) is 30.3 Å². The molecule has 0 bridgehead atoms. The summed E-state index contributed by atoms with van der Waals surface area (Å²) in [5, 5.41) is 0. The molecule has 34 heavy (non-hydrogen) atoms. The summed E-state index contributed by atoms with van der Waals surface area (Å²) in [4.78, 5) is 10.6. The van der Waals surface area contributed by atoms with E-state index in [0.29, 0.717) is 6.42 Å². The number of benzene rings is 1. The zero-order valence-corrected chi connectivity index (χ0v) is 23.5. The van der Waals surface area contributed by atoms with Gasteiger partial charge in [0.25, 0.3) is 0 Å². The number of hydrogen-bond acceptors (Lipinski definition) is 1. The molecule has 2 N–H and O–H groups in total. The lowest BCUT2D eigenvalue weighted by Gasteiger charge is -2.35. The molecule has 0 aliphatic rings. The summed E-state index contributed by atoms with van der Waals surface area (Å²) in [7, 11) is 0. The van der Waals surface area contributed by atoms with Gasteiger partial charge in [-0.2, -0.15) is 0 Å². The molecule has 0 atom stereocenters. The predicted molar refractivity (Wildman–Crippen MR) is 151 cm³/mol. The van der Waals surface area contributed by atoms with Crippen molar-refractivity contribution >= 4 is 5.91 Å². The van der Waals surface area contributed by atoms with Crippen LogP contribution in [-0.2, 0) is 11.3 Å². The third-order valence-electron chi connectivity index (χ3n) is 7.40. The van der Waals surface area contributed by atoms with Gasteiger partial charge in [0, 0.05) is 12.0 Å². The number of hydrogen-bond donors (Lipinski definition) is 1. The highest BCUT2D eigenvalue weighted by atomic mass is 16.1. The van der Waals surface area contributed by atoms with E-state index in [0.717, 1.165) is 6.42 Å². The van der Waals surface area contributed by atoms with Crippen LogP contribution in [0.2, 0.25) is 0 Å². The third-order valence-corrected chi connectivity index (χ3v) is 7.40. The van der Waals surface area contributed by atoms with Gasteiger partial charge in [-0.1, -0.05) is 127 Å². The minimum atomic E-state index is -0.153. The summed E-state index contributed by atoms with van der Waals surface area (Å²) in [6, 6.07) is 10.8. The summed E-state index contributed by atoms with van der Waals surface area (Å²) in [6.45, 7) is 14.0. The van der Waals surface area contributed by atoms with Gasteiger partial charge in [-0.15, -0.1) is 0 Å². The molecule has 0 saturated carbocycles. The average molecular weight is 476 g/mol. The summed E-state index contributed by atoms with van der Waals surface area (Å²) < 4.78 is 1.20. The molecule has 1 amide bonds. The second-order valence-electron chi connectivity index (χ2n) is 10.1. The van der Waals surface area contributed by atoms with E-state index >= 15 is 0 Å². The summed E-state index contributed by atoms with van der Waals surface area (Å²) in [5.74, 6) is -0.153. The molecule has 0 radical (unpaired) electrons. The second kappa shape index (κ2) is 23.4. The number of carbonyl (C=O) groups is 1. The Morgan fingerprint density at radius 2 is 1.00 bits per heavy atom. The molecule has 198 valence electrons. The van der Waals surface area contributed by atoms with Gasteiger partial charge >= 0.3 is 0 Å². The summed E-state index contributed by atoms with van der Waals surface area (Å²) >= 11 is 0. The number of nitrogens with two attached hydrogens (primary N) is 1. The highest BCUT2D eigenvalue weighted by molar-refractivity contribution is 5.73. The minimum Gasteiger partial charge on any atom is -0.370 e. The van der Waals surface area contributed by atoms with E-state index < -0.39 is 0 Å². The first-order valence-electron chi connectivity index (χ1n) is 14.7. The van der Waals surface area contributed by atoms with Crippen molar-refractivity contribution in [2.24, 2.45) is 5.73 Å². The van der Waals surface area contributed by atoms with Crippen molar-refractivity contribution in [3.8, 4) is 0 Å². The van der Waals surface area contributed by atoms with Crippen molar-refractivity contribution < 1.29 is 9.28 Å². The lowest BCUT2D eigenvalue weighted by molar-refractivity contribution is -0.936. The largest absolute Gasteiger partial charge is 0.370 e. The number of rotatable bonds is 21. The van der Waals surface area contributed by atoms with Gasteiger partial charge in [-0.05, 0) is 27.2 Å². The van der Waals surface area contributed by atoms with Gasteiger partial charge in [-0.3, -0.25) is 4.79 Å². The maximum Gasteiger partial charge on any atom is 0.217 e. The number of unbranched alkanes of at least 4 members (excludes halogenated alkanes) is 14. The van der Waals surface area contributed by atoms with Crippen LogP contribution in [0.3, 0.4) is 0 Å². The first kappa shape index (κ1) is 32.7. The standard InChI is InChI=1S/C18H37NO.C13H22N/c1-2-3-4-5-6-7-8-9-10-11-12-13-14-15-16-17-18(19)20;1-4-14(5-2,6-3)12-13-10-8-7-9-11-13/h2-17H2,1H3,(H2,19,20);7-11H,4-6,12H2,1-3H3/q;+1. The van der Waals surface area contributed by atoms with Gasteiger partial charge in [0.15, 0.2) is 0 Å². The fourth-order valence-corrected chi connectivity index (χ4v) is 4.65. The zero-order valence-electron chi connectivity index (χ0n) is 23.5. The topological polar surface area (TPSA) is 43.1 Å². The number of carbonyl (C=O) groups excluding carboxylic acids is 1. The van der Waals surface area contributed by atoms with E-state index in [2.05, 4.69) is 58.0 Å². The maximum atomic E-state index is 10.6. The maximum absolute atomic E-state index is 10.6. The SMILES string of the molecule is CCCCCCCCCCCCCCCCCC(N)=O.CC[N+](CC)(CC)Cc1ccccc1. The van der Waals surface area contributed by atoms with Gasteiger partial charge < -0.3 is 10.2 Å². The quantitative estimate of drug-likeness (QED) is 0.140. The Morgan fingerprint density at radius 1 is 0.618 bits per heavy atom. The zero-order chi connectivity index (χ0) is 25.3. The minimum absolute atomic E-state index is 0.153. The molecule has 3 heteroatoms. The molecule has 0 spiro atoms. The van der Waals surface area contributed by atoms with E-state index in [9.17, 15) is 4.79 Å². The summed E-state index contributed by atoms with van der Waals surface area (Å²) in [6.07, 6.45) is 20.9. The molecule has 1 rings (SSSR count). The van der Waals surface area contributed by atoms with Crippen LogP contribution >= 0.6 is 0 Å². The smallest absolute Gasteiger partial charge is 0.217 e. The molecule has 3 nitrogen and oxygen atoms in total. The molecule has 0 heterocycles. The summed E-state index contributed by atoms with van der Waals surface area (Å²) in [5.41, 5.74) is 6.56. The Bertz CT molecular complexity index is 546. The van der Waals surface area contributed by atoms with Crippen LogP contribution in [0, 0.1) is 0 Å². The monoisotopic (exact) mass is 475 g/mol. The molecular formula is C31H59N2O+. The lowest BCUT2D eigenvalue weighted by Crippen LogP contribution is -2.46. The first-order valence-corrected chi connectivity index (χ1v) is 14.7. The van der Waals surface area contributed by atoms with E-state index in [1.807, 2.05) is 0 Å². The van der Waals surface area contributed by atoms with E-state index in [-0.39, 0.29) is 5.91 Å². The number of primary amides is 1. The number of nitrogens with zero attached hydrogens (tertiary/aromatic N) is 1. The number of amides is 1. The second-order valence-corrected chi connectivity index (χ2v) is 10.1. The van der Waals surface area contributed by atoms with Gasteiger partial charge in [-0.25, -0.2) is 0 Å². The third kappa shape index (κ3) is 19.0. The molecule has 0 unspecified atom stereocenters. The first-order chi connectivity index (χ1) is 16.5. The fraction of sp³-hybridized carbons (Fsp3) is 0.774. The van der Waals surface area contributed by atoms with Crippen LogP contribution in [0.25, 0.3) is 0 Å². The van der Waals surface area contributed by atoms with Gasteiger partial charge in [0.05, 0.1) is 19.6 Å². The highest BCUT2D eigenvalue weighted by Gasteiger charge is 2.20. The molecular weight excluding hydrogens is 416 g/mol. The van der Waals surface area contributed by atoms with E-state index in [1.165, 1.54) is 126 Å². The van der Waals surface area contributed by atoms with Crippen LogP contribution in [-0.4, -0.2) is 30.0 Å². The molecule has 0 fully saturated rings. The number of quaternary nitrogens is 1. The molecule has 1 aromatic carbocycles. The molecule has 0 aliphatic heterocycles.